The summed E-state index contributed by atoms with van der Waals surface area (Å²) in [6.07, 6.45) is 1.65. The van der Waals surface area contributed by atoms with Crippen LogP contribution in [-0.2, 0) is 9.53 Å². The minimum atomic E-state index is -0.723. The van der Waals surface area contributed by atoms with Crippen molar-refractivity contribution in [1.82, 2.24) is 0 Å². The Kier molecular flexibility index (Phi) is 3.48. The molecule has 4 nitrogen and oxygen atoms in total. The number of rotatable bonds is 3. The number of Topliss-reactive ketones (excluding diaryl/α,β-unsaturated/α-hetero) is 1. The van der Waals surface area contributed by atoms with Crippen molar-refractivity contribution in [3.05, 3.63) is 29.8 Å². The summed E-state index contributed by atoms with van der Waals surface area (Å²) in [6.45, 7) is 3.95. The van der Waals surface area contributed by atoms with Crippen molar-refractivity contribution in [3.63, 3.8) is 0 Å². The Morgan fingerprint density at radius 3 is 2.44 bits per heavy atom. The number of carbonyl (C=O) groups is 2. The first kappa shape index (κ1) is 12.8. The Balaban J connectivity index is 2.05. The summed E-state index contributed by atoms with van der Waals surface area (Å²) in [5, 5.41) is 2.82. The molecule has 1 N–H and O–H groups in total. The van der Waals surface area contributed by atoms with Crippen molar-refractivity contribution in [2.75, 3.05) is 11.9 Å². The van der Waals surface area contributed by atoms with Crippen LogP contribution in [-0.4, -0.2) is 23.9 Å². The Hall–Kier alpha value is -1.68. The maximum Gasteiger partial charge on any atom is 0.256 e. The molecule has 1 saturated heterocycles. The molecule has 0 saturated carbocycles. The lowest BCUT2D eigenvalue weighted by atomic mass is 10.0. The van der Waals surface area contributed by atoms with E-state index in [0.717, 1.165) is 12.8 Å². The number of hydrogen-bond acceptors (Lipinski definition) is 3. The molecule has 4 heteroatoms. The van der Waals surface area contributed by atoms with E-state index in [9.17, 15) is 9.59 Å². The van der Waals surface area contributed by atoms with Crippen molar-refractivity contribution in [2.24, 2.45) is 0 Å². The quantitative estimate of drug-likeness (QED) is 0.834. The van der Waals surface area contributed by atoms with Crippen LogP contribution in [0.25, 0.3) is 0 Å². The normalized spacial score (nSPS) is 22.8. The average molecular weight is 247 g/mol. The summed E-state index contributed by atoms with van der Waals surface area (Å²) in [4.78, 5) is 23.2. The van der Waals surface area contributed by atoms with Crippen molar-refractivity contribution in [2.45, 2.75) is 32.3 Å². The highest BCUT2D eigenvalue weighted by Gasteiger charge is 2.37. The first-order chi connectivity index (χ1) is 8.51. The monoisotopic (exact) mass is 247 g/mol. The van der Waals surface area contributed by atoms with Gasteiger partial charge in [-0.05, 0) is 51.0 Å². The summed E-state index contributed by atoms with van der Waals surface area (Å²) in [5.41, 5.74) is 0.595. The van der Waals surface area contributed by atoms with Gasteiger partial charge < -0.3 is 10.1 Å². The molecule has 1 fully saturated rings. The van der Waals surface area contributed by atoms with Gasteiger partial charge in [0, 0.05) is 17.9 Å². The van der Waals surface area contributed by atoms with Crippen LogP contribution in [0.4, 0.5) is 5.69 Å². The molecule has 0 spiro atoms. The first-order valence-electron chi connectivity index (χ1n) is 6.08. The van der Waals surface area contributed by atoms with Crippen LogP contribution in [0.1, 0.15) is 37.0 Å². The van der Waals surface area contributed by atoms with E-state index in [4.69, 9.17) is 4.74 Å². The van der Waals surface area contributed by atoms with Gasteiger partial charge in [-0.25, -0.2) is 0 Å². The summed E-state index contributed by atoms with van der Waals surface area (Å²) in [6, 6.07) is 6.87. The third-order valence-corrected chi connectivity index (χ3v) is 3.25. The molecule has 0 aromatic heterocycles. The summed E-state index contributed by atoms with van der Waals surface area (Å²) >= 11 is 0. The van der Waals surface area contributed by atoms with Crippen LogP contribution in [0, 0.1) is 0 Å². The topological polar surface area (TPSA) is 55.4 Å². The van der Waals surface area contributed by atoms with E-state index in [0.29, 0.717) is 17.9 Å². The number of amides is 1. The minimum Gasteiger partial charge on any atom is -0.365 e. The summed E-state index contributed by atoms with van der Waals surface area (Å²) in [7, 11) is 0. The van der Waals surface area contributed by atoms with Gasteiger partial charge in [-0.2, -0.15) is 0 Å². The second-order valence-corrected chi connectivity index (χ2v) is 4.77. The van der Waals surface area contributed by atoms with Crippen molar-refractivity contribution in [1.29, 1.82) is 0 Å². The highest BCUT2D eigenvalue weighted by atomic mass is 16.5. The van der Waals surface area contributed by atoms with E-state index in [1.807, 2.05) is 0 Å². The van der Waals surface area contributed by atoms with Gasteiger partial charge in [-0.3, -0.25) is 9.59 Å². The van der Waals surface area contributed by atoms with Gasteiger partial charge in [0.1, 0.15) is 5.60 Å². The predicted octanol–water partition coefficient (Wildman–Crippen LogP) is 2.40. The molecule has 1 atom stereocenters. The van der Waals surface area contributed by atoms with Crippen molar-refractivity contribution < 1.29 is 14.3 Å². The van der Waals surface area contributed by atoms with Gasteiger partial charge in [0.05, 0.1) is 0 Å². The highest BCUT2D eigenvalue weighted by Crippen LogP contribution is 2.26. The molecule has 1 aromatic carbocycles. The number of nitrogens with one attached hydrogen (secondary N) is 1. The molecular formula is C14H17NO3. The molecular weight excluding hydrogens is 230 g/mol. The molecule has 2 rings (SSSR count). The number of carbonyl (C=O) groups excluding carboxylic acids is 2. The molecule has 1 aliphatic rings. The van der Waals surface area contributed by atoms with Gasteiger partial charge in [-0.15, -0.1) is 0 Å². The second-order valence-electron chi connectivity index (χ2n) is 4.77. The smallest absolute Gasteiger partial charge is 0.256 e. The Morgan fingerprint density at radius 1 is 1.28 bits per heavy atom. The molecule has 0 aliphatic carbocycles. The van der Waals surface area contributed by atoms with E-state index in [-0.39, 0.29) is 11.7 Å². The molecule has 0 radical (unpaired) electrons. The zero-order chi connectivity index (χ0) is 13.2. The molecule has 1 amide bonds. The van der Waals surface area contributed by atoms with Crippen LogP contribution < -0.4 is 5.32 Å². The fourth-order valence-electron chi connectivity index (χ4n) is 2.01. The molecule has 1 unspecified atom stereocenters. The largest absolute Gasteiger partial charge is 0.365 e. The van der Waals surface area contributed by atoms with Crippen LogP contribution in [0.2, 0.25) is 0 Å². The summed E-state index contributed by atoms with van der Waals surface area (Å²) < 4.78 is 5.47. The van der Waals surface area contributed by atoms with Gasteiger partial charge in [0.2, 0.25) is 0 Å². The maximum absolute atomic E-state index is 12.1. The lowest BCUT2D eigenvalue weighted by molar-refractivity contribution is -0.133. The van der Waals surface area contributed by atoms with E-state index in [1.165, 1.54) is 6.92 Å². The van der Waals surface area contributed by atoms with Gasteiger partial charge in [-0.1, -0.05) is 0 Å². The molecule has 0 bridgehead atoms. The molecule has 1 aromatic rings. The van der Waals surface area contributed by atoms with Crippen LogP contribution in [0.3, 0.4) is 0 Å². The molecule has 1 heterocycles. The Labute approximate surface area is 106 Å². The predicted molar refractivity (Wildman–Crippen MR) is 68.7 cm³/mol. The molecule has 96 valence electrons. The molecule has 1 aliphatic heterocycles. The standard InChI is InChI=1S/C14H17NO3/c1-10(16)11-4-6-12(7-5-11)15-13(17)14(2)8-3-9-18-14/h4-7H,3,8-9H2,1-2H3,(H,15,17). The SMILES string of the molecule is CC(=O)c1ccc(NC(=O)C2(C)CCCO2)cc1. The third kappa shape index (κ3) is 2.59. The van der Waals surface area contributed by atoms with Gasteiger partial charge in [0.15, 0.2) is 5.78 Å². The third-order valence-electron chi connectivity index (χ3n) is 3.25. The number of hydrogen-bond donors (Lipinski definition) is 1. The fourth-order valence-corrected chi connectivity index (χ4v) is 2.01. The first-order valence-corrected chi connectivity index (χ1v) is 6.08. The minimum absolute atomic E-state index is 0.0129. The van der Waals surface area contributed by atoms with Gasteiger partial charge in [0.25, 0.3) is 5.91 Å². The van der Waals surface area contributed by atoms with Crippen molar-refractivity contribution >= 4 is 17.4 Å². The number of benzene rings is 1. The van der Waals surface area contributed by atoms with E-state index >= 15 is 0 Å². The number of ketones is 1. The van der Waals surface area contributed by atoms with Gasteiger partial charge >= 0.3 is 0 Å². The maximum atomic E-state index is 12.1. The van der Waals surface area contributed by atoms with Crippen LogP contribution >= 0.6 is 0 Å². The zero-order valence-electron chi connectivity index (χ0n) is 10.7. The highest BCUT2D eigenvalue weighted by molar-refractivity contribution is 5.98. The van der Waals surface area contributed by atoms with Crippen LogP contribution in [0.5, 0.6) is 0 Å². The Morgan fingerprint density at radius 2 is 1.94 bits per heavy atom. The molecule has 18 heavy (non-hydrogen) atoms. The van der Waals surface area contributed by atoms with E-state index < -0.39 is 5.60 Å². The Bertz CT molecular complexity index is 458. The lowest BCUT2D eigenvalue weighted by Crippen LogP contribution is -2.39. The fraction of sp³-hybridized carbons (Fsp3) is 0.429. The summed E-state index contributed by atoms with van der Waals surface area (Å²) in [5.74, 6) is -0.116. The van der Waals surface area contributed by atoms with E-state index in [2.05, 4.69) is 5.32 Å². The van der Waals surface area contributed by atoms with E-state index in [1.54, 1.807) is 31.2 Å². The van der Waals surface area contributed by atoms with Crippen molar-refractivity contribution in [3.8, 4) is 0 Å². The second kappa shape index (κ2) is 4.90. The zero-order valence-corrected chi connectivity index (χ0v) is 10.7. The lowest BCUT2D eigenvalue weighted by Gasteiger charge is -2.21. The number of ether oxygens (including phenoxy) is 1. The van der Waals surface area contributed by atoms with Crippen LogP contribution in [0.15, 0.2) is 24.3 Å². The number of anilines is 1. The average Bonchev–Trinajstić information content (AvgIpc) is 2.78.